The van der Waals surface area contributed by atoms with Crippen LogP contribution in [-0.4, -0.2) is 62.9 Å². The maximum Gasteiger partial charge on any atom is 0.410 e. The predicted octanol–water partition coefficient (Wildman–Crippen LogP) is 5.75. The van der Waals surface area contributed by atoms with Crippen LogP contribution in [-0.2, 0) is 11.2 Å². The van der Waals surface area contributed by atoms with E-state index < -0.39 is 35.9 Å². The predicted molar refractivity (Wildman–Crippen MR) is 186 cm³/mol. The van der Waals surface area contributed by atoms with E-state index in [0.29, 0.717) is 61.2 Å². The van der Waals surface area contributed by atoms with E-state index in [9.17, 15) is 14.0 Å². The molecule has 2 heterocycles. The molecular weight excluding hydrogens is 642 g/mol. The number of carbonyl (C=O) groups is 1. The van der Waals surface area contributed by atoms with E-state index in [1.54, 1.807) is 62.2 Å². The number of aromatic amines is 1. The summed E-state index contributed by atoms with van der Waals surface area (Å²) in [5.41, 5.74) is 18.4. The van der Waals surface area contributed by atoms with Crippen molar-refractivity contribution in [1.29, 1.82) is 0 Å². The minimum Gasteiger partial charge on any atom is -0.444 e. The van der Waals surface area contributed by atoms with Gasteiger partial charge in [-0.1, -0.05) is 23.7 Å². The number of rotatable bonds is 13. The summed E-state index contributed by atoms with van der Waals surface area (Å²) in [5.74, 6) is -0.625. The third-order valence-corrected chi connectivity index (χ3v) is 8.00. The molecule has 0 spiro atoms. The lowest BCUT2D eigenvalue weighted by molar-refractivity contribution is 0.0172. The highest BCUT2D eigenvalue weighted by atomic mass is 35.5. The number of fused-ring (bicyclic) bond motifs is 1. The SMILES string of the molecule is C[C@@H](c1ccc(-n2cc3cc(-c4cc(CCC[C@@H](N)CF)cc(Cl)c4F)[nH]c3nc2=O)cc1)N(CCCN=C(N)N)C(=O)OC(C)(C)C. The van der Waals surface area contributed by atoms with Crippen LogP contribution in [0.1, 0.15) is 64.1 Å². The van der Waals surface area contributed by atoms with Gasteiger partial charge in [0, 0.05) is 36.3 Å². The average Bonchev–Trinajstić information content (AvgIpc) is 3.43. The number of H-pyrrole nitrogens is 1. The summed E-state index contributed by atoms with van der Waals surface area (Å²) >= 11 is 6.22. The van der Waals surface area contributed by atoms with Gasteiger partial charge in [0.15, 0.2) is 11.8 Å². The summed E-state index contributed by atoms with van der Waals surface area (Å²) in [6, 6.07) is 11.2. The molecule has 0 aliphatic heterocycles. The Kier molecular flexibility index (Phi) is 11.8. The molecule has 0 radical (unpaired) electrons. The van der Waals surface area contributed by atoms with Crippen molar-refractivity contribution < 1.29 is 18.3 Å². The Morgan fingerprint density at radius 2 is 1.88 bits per heavy atom. The summed E-state index contributed by atoms with van der Waals surface area (Å²) in [6.07, 6.45) is 3.34. The first-order chi connectivity index (χ1) is 22.7. The summed E-state index contributed by atoms with van der Waals surface area (Å²) in [6.45, 7) is 7.40. The molecule has 2 atom stereocenters. The van der Waals surface area contributed by atoms with Gasteiger partial charge in [-0.15, -0.1) is 0 Å². The Hall–Kier alpha value is -4.49. The standard InChI is InChI=1S/C34H43ClF2N8O3/c1-20(44(14-6-13-41-31(39)40)33(47)48-34(2,3)4)22-9-11-25(12-10-22)45-19-23-17-28(42-30(23)43-32(45)46)26-15-21(16-27(35)29(26)37)7-5-8-24(38)18-36/h9-12,15-17,19-20,24H,5-8,13-14,18,38H2,1-4H3,(H4,39,40,41)(H,42,43,46)/t20-,24+/m0/s1. The lowest BCUT2D eigenvalue weighted by atomic mass is 10.0. The summed E-state index contributed by atoms with van der Waals surface area (Å²) in [7, 11) is 0. The summed E-state index contributed by atoms with van der Waals surface area (Å²) < 4.78 is 35.0. The molecule has 0 bridgehead atoms. The number of guanidine groups is 1. The fraction of sp³-hybridized carbons (Fsp3) is 0.412. The summed E-state index contributed by atoms with van der Waals surface area (Å²) in [4.78, 5) is 39.1. The lowest BCUT2D eigenvalue weighted by Gasteiger charge is -2.32. The molecule has 4 rings (SSSR count). The number of hydrogen-bond donors (Lipinski definition) is 4. The van der Waals surface area contributed by atoms with E-state index in [1.807, 2.05) is 19.1 Å². The molecule has 2 aromatic carbocycles. The highest BCUT2D eigenvalue weighted by Crippen LogP contribution is 2.32. The maximum absolute atomic E-state index is 15.2. The molecule has 0 saturated carbocycles. The maximum atomic E-state index is 15.2. The van der Waals surface area contributed by atoms with Crippen molar-refractivity contribution in [3.05, 3.63) is 81.1 Å². The minimum atomic E-state index is -0.685. The van der Waals surface area contributed by atoms with Crippen molar-refractivity contribution in [1.82, 2.24) is 19.4 Å². The second kappa shape index (κ2) is 15.6. The Balaban J connectivity index is 1.58. The van der Waals surface area contributed by atoms with Crippen LogP contribution in [0.2, 0.25) is 5.02 Å². The monoisotopic (exact) mass is 684 g/mol. The van der Waals surface area contributed by atoms with E-state index in [0.717, 1.165) is 11.1 Å². The molecule has 1 amide bonds. The summed E-state index contributed by atoms with van der Waals surface area (Å²) in [5, 5.41) is 0.533. The number of aromatic nitrogens is 3. The Morgan fingerprint density at radius 1 is 1.17 bits per heavy atom. The molecule has 7 N–H and O–H groups in total. The van der Waals surface area contributed by atoms with E-state index >= 15 is 4.39 Å². The number of aryl methyl sites for hydroxylation is 1. The van der Waals surface area contributed by atoms with Crippen molar-refractivity contribution >= 4 is 34.7 Å². The normalized spacial score (nSPS) is 12.9. The van der Waals surface area contributed by atoms with Crippen molar-refractivity contribution in [2.24, 2.45) is 22.2 Å². The molecule has 258 valence electrons. The van der Waals surface area contributed by atoms with Crippen LogP contribution in [0.15, 0.2) is 58.4 Å². The van der Waals surface area contributed by atoms with Crippen LogP contribution in [0, 0.1) is 5.82 Å². The van der Waals surface area contributed by atoms with Crippen molar-refractivity contribution in [3.8, 4) is 16.9 Å². The highest BCUT2D eigenvalue weighted by molar-refractivity contribution is 6.31. The van der Waals surface area contributed by atoms with Crippen LogP contribution in [0.25, 0.3) is 28.0 Å². The van der Waals surface area contributed by atoms with Crippen LogP contribution in [0.4, 0.5) is 13.6 Å². The van der Waals surface area contributed by atoms with Gasteiger partial charge in [-0.2, -0.15) is 4.98 Å². The molecule has 48 heavy (non-hydrogen) atoms. The number of nitrogens with zero attached hydrogens (tertiary/aromatic N) is 4. The number of nitrogens with one attached hydrogen (secondary N) is 1. The number of benzene rings is 2. The molecule has 0 unspecified atom stereocenters. The molecule has 0 saturated heterocycles. The highest BCUT2D eigenvalue weighted by Gasteiger charge is 2.27. The topological polar surface area (TPSA) is 171 Å². The number of nitrogens with two attached hydrogens (primary N) is 3. The van der Waals surface area contributed by atoms with Crippen LogP contribution < -0.4 is 22.9 Å². The number of ether oxygens (including phenoxy) is 1. The van der Waals surface area contributed by atoms with E-state index in [2.05, 4.69) is 15.0 Å². The van der Waals surface area contributed by atoms with Gasteiger partial charge in [0.1, 0.15) is 17.9 Å². The largest absolute Gasteiger partial charge is 0.444 e. The van der Waals surface area contributed by atoms with Crippen molar-refractivity contribution in [2.75, 3.05) is 19.8 Å². The molecule has 0 aliphatic rings. The zero-order chi connectivity index (χ0) is 35.2. The van der Waals surface area contributed by atoms with E-state index in [4.69, 9.17) is 33.5 Å². The minimum absolute atomic E-state index is 0.0178. The van der Waals surface area contributed by atoms with Gasteiger partial charge in [-0.3, -0.25) is 9.56 Å². The molecule has 2 aromatic heterocycles. The lowest BCUT2D eigenvalue weighted by Crippen LogP contribution is -2.39. The van der Waals surface area contributed by atoms with Crippen LogP contribution >= 0.6 is 11.6 Å². The fourth-order valence-electron chi connectivity index (χ4n) is 5.26. The Labute approximate surface area is 283 Å². The van der Waals surface area contributed by atoms with E-state index in [1.165, 1.54) is 4.57 Å². The molecule has 14 heteroatoms. The second-order valence-corrected chi connectivity index (χ2v) is 13.1. The first kappa shape index (κ1) is 36.3. The molecule has 11 nitrogen and oxygen atoms in total. The van der Waals surface area contributed by atoms with Crippen molar-refractivity contribution in [2.45, 2.75) is 71.1 Å². The van der Waals surface area contributed by atoms with Gasteiger partial charge in [0.2, 0.25) is 0 Å². The van der Waals surface area contributed by atoms with Gasteiger partial charge in [0.25, 0.3) is 0 Å². The third-order valence-electron chi connectivity index (χ3n) is 7.73. The number of aliphatic imine (C=N–C) groups is 1. The van der Waals surface area contributed by atoms with Crippen molar-refractivity contribution in [3.63, 3.8) is 0 Å². The average molecular weight is 685 g/mol. The molecule has 0 aliphatic carbocycles. The fourth-order valence-corrected chi connectivity index (χ4v) is 5.50. The quantitative estimate of drug-likeness (QED) is 0.0788. The first-order valence-corrected chi connectivity index (χ1v) is 16.1. The Bertz CT molecular complexity index is 1810. The van der Waals surface area contributed by atoms with Crippen LogP contribution in [0.3, 0.4) is 0 Å². The van der Waals surface area contributed by atoms with Crippen LogP contribution in [0.5, 0.6) is 0 Å². The number of carbonyl (C=O) groups excluding carboxylic acids is 1. The van der Waals surface area contributed by atoms with Gasteiger partial charge >= 0.3 is 11.8 Å². The molecular formula is C34H43ClF2N8O3. The third kappa shape index (κ3) is 9.32. The zero-order valence-electron chi connectivity index (χ0n) is 27.6. The molecule has 0 fully saturated rings. The van der Waals surface area contributed by atoms with Gasteiger partial charge < -0.3 is 31.8 Å². The smallest absolute Gasteiger partial charge is 0.410 e. The number of hydrogen-bond acceptors (Lipinski definition) is 6. The number of alkyl halides is 1. The number of halogens is 3. The first-order valence-electron chi connectivity index (χ1n) is 15.7. The molecule has 4 aromatic rings. The van der Waals surface area contributed by atoms with Gasteiger partial charge in [0.05, 0.1) is 22.4 Å². The number of amides is 1. The Morgan fingerprint density at radius 3 is 2.52 bits per heavy atom. The van der Waals surface area contributed by atoms with Gasteiger partial charge in [-0.05, 0) is 94.8 Å². The zero-order valence-corrected chi connectivity index (χ0v) is 28.4. The van der Waals surface area contributed by atoms with E-state index in [-0.39, 0.29) is 22.6 Å². The van der Waals surface area contributed by atoms with Gasteiger partial charge in [-0.25, -0.2) is 18.4 Å². The second-order valence-electron chi connectivity index (χ2n) is 12.7.